The Balaban J connectivity index is 1.46. The van der Waals surface area contributed by atoms with Gasteiger partial charge in [0.05, 0.1) is 11.8 Å². The monoisotopic (exact) mass is 400 g/mol. The number of amides is 3. The number of aryl methyl sites for hydroxylation is 1. The van der Waals surface area contributed by atoms with E-state index in [-0.39, 0.29) is 41.4 Å². The van der Waals surface area contributed by atoms with Crippen molar-refractivity contribution in [2.75, 3.05) is 5.32 Å². The van der Waals surface area contributed by atoms with Gasteiger partial charge in [0.15, 0.2) is 0 Å². The first-order valence-corrected chi connectivity index (χ1v) is 10.5. The van der Waals surface area contributed by atoms with E-state index in [4.69, 9.17) is 0 Å². The van der Waals surface area contributed by atoms with Crippen LogP contribution in [0.15, 0.2) is 66.7 Å². The highest BCUT2D eigenvalue weighted by Crippen LogP contribution is 2.53. The van der Waals surface area contributed by atoms with Crippen molar-refractivity contribution in [1.29, 1.82) is 0 Å². The summed E-state index contributed by atoms with van der Waals surface area (Å²) in [5.74, 6) is -1.08. The second kappa shape index (κ2) is 7.24. The van der Waals surface area contributed by atoms with Gasteiger partial charge in [0.1, 0.15) is 6.04 Å². The molecule has 0 spiro atoms. The number of carbonyl (C=O) groups is 3. The standard InChI is InChI=1S/C25H24N2O3/c1-15-6-5-9-19(12-15)26-23(28)20(13-16-7-3-2-4-8-16)27-24(29)21-17-10-11-18(14-17)22(21)25(27)30/h2-12,17-18,20-22H,13-14H2,1H3,(H,26,28)/t17-,18+,20-,21+,22-/m0/s1. The van der Waals surface area contributed by atoms with E-state index in [2.05, 4.69) is 17.5 Å². The molecule has 1 saturated carbocycles. The van der Waals surface area contributed by atoms with E-state index < -0.39 is 6.04 Å². The van der Waals surface area contributed by atoms with Gasteiger partial charge in [-0.3, -0.25) is 19.3 Å². The van der Waals surface area contributed by atoms with Gasteiger partial charge in [0, 0.05) is 12.1 Å². The summed E-state index contributed by atoms with van der Waals surface area (Å²) >= 11 is 0. The number of anilines is 1. The third kappa shape index (κ3) is 3.05. The summed E-state index contributed by atoms with van der Waals surface area (Å²) in [6.07, 6.45) is 5.32. The van der Waals surface area contributed by atoms with Crippen LogP contribution >= 0.6 is 0 Å². The summed E-state index contributed by atoms with van der Waals surface area (Å²) in [4.78, 5) is 41.2. The topological polar surface area (TPSA) is 66.5 Å². The third-order valence-electron chi connectivity index (χ3n) is 6.68. The van der Waals surface area contributed by atoms with E-state index in [1.54, 1.807) is 0 Å². The number of fused-ring (bicyclic) bond motifs is 5. The molecule has 5 nitrogen and oxygen atoms in total. The summed E-state index contributed by atoms with van der Waals surface area (Å²) < 4.78 is 0. The minimum absolute atomic E-state index is 0.124. The number of allylic oxidation sites excluding steroid dienone is 2. The highest BCUT2D eigenvalue weighted by atomic mass is 16.2. The Hall–Kier alpha value is -3.21. The van der Waals surface area contributed by atoms with Crippen molar-refractivity contribution < 1.29 is 14.4 Å². The lowest BCUT2D eigenvalue weighted by molar-refractivity contribution is -0.147. The summed E-state index contributed by atoms with van der Waals surface area (Å²) in [6, 6.07) is 16.2. The minimum atomic E-state index is -0.863. The molecule has 5 atom stereocenters. The van der Waals surface area contributed by atoms with Crippen LogP contribution in [0.25, 0.3) is 0 Å². The van der Waals surface area contributed by atoms with E-state index in [9.17, 15) is 14.4 Å². The van der Waals surface area contributed by atoms with Gasteiger partial charge < -0.3 is 5.32 Å². The van der Waals surface area contributed by atoms with Crippen LogP contribution in [0.2, 0.25) is 0 Å². The molecule has 5 heteroatoms. The molecule has 1 heterocycles. The van der Waals surface area contributed by atoms with Crippen LogP contribution in [0.3, 0.4) is 0 Å². The highest BCUT2D eigenvalue weighted by molar-refractivity contribution is 6.11. The van der Waals surface area contributed by atoms with Gasteiger partial charge in [0.2, 0.25) is 17.7 Å². The second-order valence-electron chi connectivity index (χ2n) is 8.61. The fraction of sp³-hybridized carbons (Fsp3) is 0.320. The zero-order chi connectivity index (χ0) is 20.8. The molecule has 2 aromatic rings. The number of nitrogens with zero attached hydrogens (tertiary/aromatic N) is 1. The van der Waals surface area contributed by atoms with Crippen LogP contribution in [-0.4, -0.2) is 28.7 Å². The summed E-state index contributed by atoms with van der Waals surface area (Å²) in [5, 5.41) is 2.92. The Labute approximate surface area is 175 Å². The van der Waals surface area contributed by atoms with Crippen molar-refractivity contribution in [3.63, 3.8) is 0 Å². The summed E-state index contributed by atoms with van der Waals surface area (Å²) in [6.45, 7) is 1.95. The van der Waals surface area contributed by atoms with E-state index in [0.29, 0.717) is 12.1 Å². The molecule has 3 amide bonds. The van der Waals surface area contributed by atoms with Gasteiger partial charge in [-0.15, -0.1) is 0 Å². The fourth-order valence-electron chi connectivity index (χ4n) is 5.32. The predicted octanol–water partition coefficient (Wildman–Crippen LogP) is 3.35. The predicted molar refractivity (Wildman–Crippen MR) is 113 cm³/mol. The van der Waals surface area contributed by atoms with Gasteiger partial charge in [-0.1, -0.05) is 54.6 Å². The fourth-order valence-corrected chi connectivity index (χ4v) is 5.32. The van der Waals surface area contributed by atoms with E-state index in [1.807, 2.05) is 61.5 Å². The number of hydrogen-bond donors (Lipinski definition) is 1. The lowest BCUT2D eigenvalue weighted by Gasteiger charge is -2.27. The van der Waals surface area contributed by atoms with Crippen molar-refractivity contribution in [3.05, 3.63) is 77.9 Å². The number of imide groups is 1. The molecule has 2 aromatic carbocycles. The normalized spacial score (nSPS) is 27.4. The van der Waals surface area contributed by atoms with Gasteiger partial charge in [-0.25, -0.2) is 0 Å². The third-order valence-corrected chi connectivity index (χ3v) is 6.68. The number of carbonyl (C=O) groups excluding carboxylic acids is 3. The van der Waals surface area contributed by atoms with Crippen molar-refractivity contribution in [2.45, 2.75) is 25.8 Å². The molecular formula is C25H24N2O3. The molecule has 3 aliphatic rings. The Morgan fingerprint density at radius 3 is 2.30 bits per heavy atom. The van der Waals surface area contributed by atoms with Crippen molar-refractivity contribution in [3.8, 4) is 0 Å². The number of hydrogen-bond acceptors (Lipinski definition) is 3. The molecule has 5 rings (SSSR count). The molecular weight excluding hydrogens is 376 g/mol. The van der Waals surface area contributed by atoms with Crippen LogP contribution < -0.4 is 5.32 Å². The van der Waals surface area contributed by atoms with Gasteiger partial charge in [0.25, 0.3) is 0 Å². The molecule has 2 fully saturated rings. The smallest absolute Gasteiger partial charge is 0.248 e. The van der Waals surface area contributed by atoms with Crippen LogP contribution in [0.1, 0.15) is 17.5 Å². The molecule has 1 N–H and O–H groups in total. The molecule has 0 radical (unpaired) electrons. The first kappa shape index (κ1) is 18.8. The first-order chi connectivity index (χ1) is 14.5. The summed E-state index contributed by atoms with van der Waals surface area (Å²) in [5.41, 5.74) is 2.61. The van der Waals surface area contributed by atoms with Crippen LogP contribution in [0.4, 0.5) is 5.69 Å². The quantitative estimate of drug-likeness (QED) is 0.618. The van der Waals surface area contributed by atoms with Crippen LogP contribution in [0.5, 0.6) is 0 Å². The Kier molecular flexibility index (Phi) is 4.54. The first-order valence-electron chi connectivity index (χ1n) is 10.5. The number of benzene rings is 2. The van der Waals surface area contributed by atoms with Crippen LogP contribution in [0, 0.1) is 30.6 Å². The molecule has 152 valence electrons. The SMILES string of the molecule is Cc1cccc(NC(=O)[C@H](Cc2ccccc2)N2C(=O)[C@@H]3[C@H](C2=O)[C@H]2C=C[C@@H]3C2)c1. The minimum Gasteiger partial charge on any atom is -0.324 e. The zero-order valence-electron chi connectivity index (χ0n) is 16.8. The second-order valence-corrected chi connectivity index (χ2v) is 8.61. The van der Waals surface area contributed by atoms with Crippen molar-refractivity contribution >= 4 is 23.4 Å². The van der Waals surface area contributed by atoms with Crippen molar-refractivity contribution in [2.24, 2.45) is 23.7 Å². The molecule has 1 saturated heterocycles. The largest absolute Gasteiger partial charge is 0.324 e. The van der Waals surface area contributed by atoms with E-state index >= 15 is 0 Å². The Bertz CT molecular complexity index is 1020. The molecule has 30 heavy (non-hydrogen) atoms. The lowest BCUT2D eigenvalue weighted by atomic mass is 9.85. The van der Waals surface area contributed by atoms with E-state index in [0.717, 1.165) is 17.5 Å². The lowest BCUT2D eigenvalue weighted by Crippen LogP contribution is -2.49. The van der Waals surface area contributed by atoms with Crippen molar-refractivity contribution in [1.82, 2.24) is 4.90 Å². The maximum absolute atomic E-state index is 13.3. The average molecular weight is 400 g/mol. The molecule has 0 aromatic heterocycles. The van der Waals surface area contributed by atoms with Gasteiger partial charge in [-0.2, -0.15) is 0 Å². The maximum atomic E-state index is 13.3. The van der Waals surface area contributed by atoms with Crippen LogP contribution in [-0.2, 0) is 20.8 Å². The van der Waals surface area contributed by atoms with E-state index in [1.165, 1.54) is 4.90 Å². The summed E-state index contributed by atoms with van der Waals surface area (Å²) in [7, 11) is 0. The molecule has 1 aliphatic heterocycles. The highest BCUT2D eigenvalue weighted by Gasteiger charge is 2.61. The molecule has 2 bridgehead atoms. The van der Waals surface area contributed by atoms with Gasteiger partial charge in [-0.05, 0) is 48.4 Å². The maximum Gasteiger partial charge on any atom is 0.248 e. The Morgan fingerprint density at radius 1 is 1.00 bits per heavy atom. The molecule has 2 aliphatic carbocycles. The number of nitrogens with one attached hydrogen (secondary N) is 1. The number of likely N-dealkylation sites (tertiary alicyclic amines) is 1. The molecule has 0 unspecified atom stereocenters. The Morgan fingerprint density at radius 2 is 1.67 bits per heavy atom. The zero-order valence-corrected chi connectivity index (χ0v) is 16.8. The average Bonchev–Trinajstić information content (AvgIpc) is 3.41. The van der Waals surface area contributed by atoms with Gasteiger partial charge >= 0.3 is 0 Å². The number of rotatable bonds is 5.